The van der Waals surface area contributed by atoms with Crippen molar-refractivity contribution in [3.63, 3.8) is 0 Å². The normalized spacial score (nSPS) is 11.2. The van der Waals surface area contributed by atoms with E-state index in [-0.39, 0.29) is 5.75 Å². The Bertz CT molecular complexity index is 798. The molecular formula is C15H12ClIN2O. The largest absolute Gasteiger partial charge is 0.507 e. The Morgan fingerprint density at radius 2 is 2.10 bits per heavy atom. The highest BCUT2D eigenvalue weighted by Crippen LogP contribution is 2.34. The lowest BCUT2D eigenvalue weighted by atomic mass is 10.2. The maximum atomic E-state index is 10.1. The predicted octanol–water partition coefficient (Wildman–Crippen LogP) is 4.69. The summed E-state index contributed by atoms with van der Waals surface area (Å²) in [7, 11) is 0. The summed E-state index contributed by atoms with van der Waals surface area (Å²) in [6, 6.07) is 11.2. The number of benzene rings is 2. The molecule has 3 nitrogen and oxygen atoms in total. The molecule has 102 valence electrons. The summed E-state index contributed by atoms with van der Waals surface area (Å²) < 4.78 is 3.08. The van der Waals surface area contributed by atoms with Crippen LogP contribution in [0.3, 0.4) is 0 Å². The first kappa shape index (κ1) is 13.7. The van der Waals surface area contributed by atoms with Crippen molar-refractivity contribution in [2.24, 2.45) is 0 Å². The van der Waals surface area contributed by atoms with Gasteiger partial charge in [-0.1, -0.05) is 17.7 Å². The van der Waals surface area contributed by atoms with E-state index in [1.807, 2.05) is 41.8 Å². The van der Waals surface area contributed by atoms with E-state index >= 15 is 0 Å². The second kappa shape index (κ2) is 5.26. The zero-order valence-electron chi connectivity index (χ0n) is 10.8. The van der Waals surface area contributed by atoms with Crippen LogP contribution in [-0.2, 0) is 6.54 Å². The van der Waals surface area contributed by atoms with Crippen molar-refractivity contribution in [1.29, 1.82) is 0 Å². The van der Waals surface area contributed by atoms with Crippen molar-refractivity contribution in [1.82, 2.24) is 9.55 Å². The van der Waals surface area contributed by atoms with Crippen LogP contribution in [-0.4, -0.2) is 14.7 Å². The van der Waals surface area contributed by atoms with Crippen LogP contribution in [0, 0.1) is 3.57 Å². The van der Waals surface area contributed by atoms with Crippen LogP contribution in [0.15, 0.2) is 36.4 Å². The first-order chi connectivity index (χ1) is 9.61. The third-order valence-electron chi connectivity index (χ3n) is 3.23. The van der Waals surface area contributed by atoms with Crippen LogP contribution >= 0.6 is 34.2 Å². The standard InChI is InChI=1S/C15H12ClIN2O/c1-2-19-14-11(16)4-3-5-12(14)18-15(19)10-8-9(17)6-7-13(10)20/h3-8,20H,2H2,1H3. The Hall–Kier alpha value is -1.27. The molecule has 0 spiro atoms. The van der Waals surface area contributed by atoms with Crippen LogP contribution in [0.4, 0.5) is 0 Å². The lowest BCUT2D eigenvalue weighted by molar-refractivity contribution is 0.476. The van der Waals surface area contributed by atoms with E-state index in [0.29, 0.717) is 5.02 Å². The maximum Gasteiger partial charge on any atom is 0.144 e. The number of aryl methyl sites for hydroxylation is 1. The van der Waals surface area contributed by atoms with Crippen molar-refractivity contribution in [2.45, 2.75) is 13.5 Å². The maximum absolute atomic E-state index is 10.1. The Kier molecular flexibility index (Phi) is 3.60. The molecule has 3 rings (SSSR count). The lowest BCUT2D eigenvalue weighted by Crippen LogP contribution is -1.98. The Morgan fingerprint density at radius 1 is 1.30 bits per heavy atom. The van der Waals surface area contributed by atoms with Gasteiger partial charge in [0.1, 0.15) is 11.6 Å². The quantitative estimate of drug-likeness (QED) is 0.636. The molecule has 0 aliphatic rings. The van der Waals surface area contributed by atoms with E-state index in [9.17, 15) is 5.11 Å². The number of halogens is 2. The fraction of sp³-hybridized carbons (Fsp3) is 0.133. The van der Waals surface area contributed by atoms with Crippen LogP contribution < -0.4 is 0 Å². The molecule has 3 aromatic rings. The second-order valence-corrected chi connectivity index (χ2v) is 6.10. The first-order valence-corrected chi connectivity index (χ1v) is 7.71. The number of rotatable bonds is 2. The zero-order valence-corrected chi connectivity index (χ0v) is 13.7. The van der Waals surface area contributed by atoms with Gasteiger partial charge >= 0.3 is 0 Å². The fourth-order valence-corrected chi connectivity index (χ4v) is 3.11. The molecule has 1 N–H and O–H groups in total. The number of aromatic nitrogens is 2. The smallest absolute Gasteiger partial charge is 0.144 e. The van der Waals surface area contributed by atoms with Gasteiger partial charge in [-0.3, -0.25) is 0 Å². The topological polar surface area (TPSA) is 38.0 Å². The molecule has 0 bridgehead atoms. The SMILES string of the molecule is CCn1c(-c2cc(I)ccc2O)nc2cccc(Cl)c21. The van der Waals surface area contributed by atoms with Crippen molar-refractivity contribution in [3.8, 4) is 17.1 Å². The van der Waals surface area contributed by atoms with E-state index in [0.717, 1.165) is 32.5 Å². The number of hydrogen-bond acceptors (Lipinski definition) is 2. The van der Waals surface area contributed by atoms with Crippen LogP contribution in [0.2, 0.25) is 5.02 Å². The van der Waals surface area contributed by atoms with E-state index in [4.69, 9.17) is 11.6 Å². The summed E-state index contributed by atoms with van der Waals surface area (Å²) in [5, 5.41) is 10.8. The summed E-state index contributed by atoms with van der Waals surface area (Å²) in [5.74, 6) is 0.971. The molecule has 20 heavy (non-hydrogen) atoms. The van der Waals surface area contributed by atoms with Crippen LogP contribution in [0.1, 0.15) is 6.92 Å². The molecule has 0 radical (unpaired) electrons. The summed E-state index contributed by atoms with van der Waals surface area (Å²) in [6.45, 7) is 2.78. The summed E-state index contributed by atoms with van der Waals surface area (Å²) in [6.07, 6.45) is 0. The number of phenols is 1. The molecule has 1 aromatic heterocycles. The van der Waals surface area contributed by atoms with Gasteiger partial charge in [0.2, 0.25) is 0 Å². The van der Waals surface area contributed by atoms with E-state index < -0.39 is 0 Å². The van der Waals surface area contributed by atoms with Gasteiger partial charge in [-0.15, -0.1) is 0 Å². The summed E-state index contributed by atoms with van der Waals surface area (Å²) in [5.41, 5.74) is 2.48. The van der Waals surface area contributed by atoms with E-state index in [2.05, 4.69) is 27.6 Å². The minimum atomic E-state index is 0.228. The van der Waals surface area contributed by atoms with Gasteiger partial charge in [-0.05, 0) is 59.8 Å². The van der Waals surface area contributed by atoms with Crippen molar-refractivity contribution < 1.29 is 5.11 Å². The fourth-order valence-electron chi connectivity index (χ4n) is 2.34. The van der Waals surface area contributed by atoms with Crippen molar-refractivity contribution in [3.05, 3.63) is 45.0 Å². The average Bonchev–Trinajstić information content (AvgIpc) is 2.81. The summed E-state index contributed by atoms with van der Waals surface area (Å²) >= 11 is 8.51. The number of para-hydroxylation sites is 1. The number of fused-ring (bicyclic) bond motifs is 1. The minimum Gasteiger partial charge on any atom is -0.507 e. The molecule has 0 saturated heterocycles. The Labute approximate surface area is 135 Å². The van der Waals surface area contributed by atoms with Crippen LogP contribution in [0.5, 0.6) is 5.75 Å². The van der Waals surface area contributed by atoms with Gasteiger partial charge in [0.15, 0.2) is 0 Å². The Balaban J connectivity index is 2.36. The molecule has 0 atom stereocenters. The third kappa shape index (κ3) is 2.16. The predicted molar refractivity (Wildman–Crippen MR) is 90.2 cm³/mol. The molecule has 5 heteroatoms. The van der Waals surface area contributed by atoms with Gasteiger partial charge < -0.3 is 9.67 Å². The van der Waals surface area contributed by atoms with E-state index in [1.165, 1.54) is 0 Å². The molecule has 0 unspecified atom stereocenters. The van der Waals surface area contributed by atoms with Crippen LogP contribution in [0.25, 0.3) is 22.4 Å². The number of imidazole rings is 1. The molecule has 0 aliphatic heterocycles. The number of nitrogens with zero attached hydrogens (tertiary/aromatic N) is 2. The molecule has 1 heterocycles. The third-order valence-corrected chi connectivity index (χ3v) is 4.21. The summed E-state index contributed by atoms with van der Waals surface area (Å²) in [4.78, 5) is 4.63. The highest BCUT2D eigenvalue weighted by atomic mass is 127. The van der Waals surface area contributed by atoms with Crippen molar-refractivity contribution >= 4 is 45.2 Å². The minimum absolute atomic E-state index is 0.228. The van der Waals surface area contributed by atoms with E-state index in [1.54, 1.807) is 6.07 Å². The molecule has 0 saturated carbocycles. The number of aromatic hydroxyl groups is 1. The highest BCUT2D eigenvalue weighted by molar-refractivity contribution is 14.1. The second-order valence-electron chi connectivity index (χ2n) is 4.45. The van der Waals surface area contributed by atoms with Gasteiger partial charge in [0.05, 0.1) is 21.6 Å². The monoisotopic (exact) mass is 398 g/mol. The number of phenolic OH excluding ortho intramolecular Hbond substituents is 1. The first-order valence-electron chi connectivity index (χ1n) is 6.25. The Morgan fingerprint density at radius 3 is 2.85 bits per heavy atom. The molecule has 0 aliphatic carbocycles. The van der Waals surface area contributed by atoms with Crippen molar-refractivity contribution in [2.75, 3.05) is 0 Å². The lowest BCUT2D eigenvalue weighted by Gasteiger charge is -2.08. The van der Waals surface area contributed by atoms with Gasteiger partial charge in [0, 0.05) is 10.1 Å². The molecule has 0 amide bonds. The molecule has 2 aromatic carbocycles. The zero-order chi connectivity index (χ0) is 14.3. The van der Waals surface area contributed by atoms with Gasteiger partial charge in [0.25, 0.3) is 0 Å². The van der Waals surface area contributed by atoms with Gasteiger partial charge in [-0.2, -0.15) is 0 Å². The van der Waals surface area contributed by atoms with Gasteiger partial charge in [-0.25, -0.2) is 4.98 Å². The molecular weight excluding hydrogens is 387 g/mol. The molecule has 0 fully saturated rings. The number of hydrogen-bond donors (Lipinski definition) is 1. The average molecular weight is 399 g/mol. The highest BCUT2D eigenvalue weighted by Gasteiger charge is 2.16.